The Morgan fingerprint density at radius 3 is 2.44 bits per heavy atom. The smallest absolute Gasteiger partial charge is 0.191 e. The van der Waals surface area contributed by atoms with E-state index in [0.29, 0.717) is 13.2 Å². The molecule has 138 valence electrons. The van der Waals surface area contributed by atoms with Crippen LogP contribution >= 0.6 is 24.0 Å². The lowest BCUT2D eigenvalue weighted by Gasteiger charge is -2.12. The van der Waals surface area contributed by atoms with Crippen LogP contribution < -0.4 is 15.4 Å². The second-order valence-corrected chi connectivity index (χ2v) is 5.61. The molecule has 0 aliphatic heterocycles. The van der Waals surface area contributed by atoms with Crippen LogP contribution in [0.5, 0.6) is 5.75 Å². The number of hydrogen-bond acceptors (Lipinski definition) is 3. The van der Waals surface area contributed by atoms with Crippen molar-refractivity contribution in [3.05, 3.63) is 47.3 Å². The van der Waals surface area contributed by atoms with E-state index in [-0.39, 0.29) is 24.0 Å². The molecule has 0 saturated heterocycles. The first-order chi connectivity index (χ1) is 11.6. The zero-order valence-corrected chi connectivity index (χ0v) is 17.7. The van der Waals surface area contributed by atoms with Gasteiger partial charge < -0.3 is 15.4 Å². The zero-order chi connectivity index (χ0) is 17.4. The molecular formula is C18H28IN5O. The molecule has 0 atom stereocenters. The summed E-state index contributed by atoms with van der Waals surface area (Å²) in [5, 5.41) is 11.0. The number of rotatable bonds is 7. The minimum atomic E-state index is 0. The Bertz CT molecular complexity index is 670. The molecule has 0 aliphatic carbocycles. The maximum atomic E-state index is 5.65. The van der Waals surface area contributed by atoms with E-state index >= 15 is 0 Å². The number of nitrogens with zero attached hydrogens (tertiary/aromatic N) is 3. The van der Waals surface area contributed by atoms with Crippen LogP contribution in [-0.2, 0) is 13.5 Å². The first-order valence-electron chi connectivity index (χ1n) is 8.23. The van der Waals surface area contributed by atoms with Crippen molar-refractivity contribution in [1.29, 1.82) is 0 Å². The maximum Gasteiger partial charge on any atom is 0.191 e. The van der Waals surface area contributed by atoms with Crippen LogP contribution in [0.15, 0.2) is 35.3 Å². The Morgan fingerprint density at radius 2 is 1.84 bits per heavy atom. The average Bonchev–Trinajstić information content (AvgIpc) is 2.83. The van der Waals surface area contributed by atoms with E-state index in [2.05, 4.69) is 34.6 Å². The Balaban J connectivity index is 0.00000312. The summed E-state index contributed by atoms with van der Waals surface area (Å²) in [6.07, 6.45) is 0.923. The van der Waals surface area contributed by atoms with Gasteiger partial charge in [-0.05, 0) is 38.0 Å². The topological polar surface area (TPSA) is 63.5 Å². The summed E-state index contributed by atoms with van der Waals surface area (Å²) < 4.78 is 7.58. The van der Waals surface area contributed by atoms with Gasteiger partial charge in [-0.2, -0.15) is 5.10 Å². The molecule has 25 heavy (non-hydrogen) atoms. The number of nitrogens with one attached hydrogen (secondary N) is 2. The Morgan fingerprint density at radius 1 is 1.16 bits per heavy atom. The van der Waals surface area contributed by atoms with Crippen LogP contribution in [0.2, 0.25) is 0 Å². The first-order valence-corrected chi connectivity index (χ1v) is 8.23. The minimum Gasteiger partial charge on any atom is -0.492 e. The Kier molecular flexibility index (Phi) is 9.33. The van der Waals surface area contributed by atoms with E-state index in [1.165, 1.54) is 11.3 Å². The predicted molar refractivity (Wildman–Crippen MR) is 113 cm³/mol. The van der Waals surface area contributed by atoms with Crippen molar-refractivity contribution in [3.8, 4) is 5.75 Å². The molecule has 1 aromatic heterocycles. The van der Waals surface area contributed by atoms with E-state index in [4.69, 9.17) is 4.74 Å². The van der Waals surface area contributed by atoms with Crippen molar-refractivity contribution in [2.45, 2.75) is 20.3 Å². The molecule has 2 aromatic rings. The fraction of sp³-hybridized carbons (Fsp3) is 0.444. The maximum absolute atomic E-state index is 5.65. The predicted octanol–water partition coefficient (Wildman–Crippen LogP) is 2.44. The molecule has 2 N–H and O–H groups in total. The number of aryl methyl sites for hydroxylation is 2. The SMILES string of the molecule is CN=C(NCCOc1ccccc1)NCCc1c(C)nn(C)c1C.I. The number of para-hydroxylation sites is 1. The number of aromatic nitrogens is 2. The van der Waals surface area contributed by atoms with Gasteiger partial charge in [-0.1, -0.05) is 18.2 Å². The molecule has 0 saturated carbocycles. The largest absolute Gasteiger partial charge is 0.492 e. The summed E-state index contributed by atoms with van der Waals surface area (Å²) >= 11 is 0. The standard InChI is InChI=1S/C18H27N5O.HI/c1-14-17(15(2)23(4)22-14)10-11-20-18(19-3)21-12-13-24-16-8-6-5-7-9-16;/h5-9H,10-13H2,1-4H3,(H2,19,20,21);1H. The molecule has 0 amide bonds. The Labute approximate surface area is 167 Å². The van der Waals surface area contributed by atoms with Crippen molar-refractivity contribution in [2.24, 2.45) is 12.0 Å². The van der Waals surface area contributed by atoms with Crippen molar-refractivity contribution in [3.63, 3.8) is 0 Å². The summed E-state index contributed by atoms with van der Waals surface area (Å²) in [6.45, 7) is 6.25. The summed E-state index contributed by atoms with van der Waals surface area (Å²) in [7, 11) is 3.75. The van der Waals surface area contributed by atoms with Crippen LogP contribution in [0.3, 0.4) is 0 Å². The molecular weight excluding hydrogens is 429 g/mol. The molecule has 2 rings (SSSR count). The second kappa shape index (κ2) is 11.0. The van der Waals surface area contributed by atoms with Crippen molar-refractivity contribution in [2.75, 3.05) is 26.7 Å². The van der Waals surface area contributed by atoms with Gasteiger partial charge in [-0.25, -0.2) is 0 Å². The lowest BCUT2D eigenvalue weighted by atomic mass is 10.1. The van der Waals surface area contributed by atoms with Gasteiger partial charge in [-0.3, -0.25) is 9.67 Å². The molecule has 1 heterocycles. The van der Waals surface area contributed by atoms with Gasteiger partial charge in [-0.15, -0.1) is 24.0 Å². The number of ether oxygens (including phenoxy) is 1. The second-order valence-electron chi connectivity index (χ2n) is 5.61. The zero-order valence-electron chi connectivity index (χ0n) is 15.4. The van der Waals surface area contributed by atoms with Gasteiger partial charge >= 0.3 is 0 Å². The fourth-order valence-electron chi connectivity index (χ4n) is 2.56. The summed E-state index contributed by atoms with van der Waals surface area (Å²) in [5.74, 6) is 1.66. The van der Waals surface area contributed by atoms with E-state index < -0.39 is 0 Å². The molecule has 0 unspecified atom stereocenters. The highest BCUT2D eigenvalue weighted by Crippen LogP contribution is 2.11. The van der Waals surface area contributed by atoms with Gasteiger partial charge in [0, 0.05) is 26.3 Å². The van der Waals surface area contributed by atoms with Crippen molar-refractivity contribution >= 4 is 29.9 Å². The quantitative estimate of drug-likeness (QED) is 0.290. The van der Waals surface area contributed by atoms with Crippen LogP contribution in [0.1, 0.15) is 17.0 Å². The van der Waals surface area contributed by atoms with E-state index in [9.17, 15) is 0 Å². The van der Waals surface area contributed by atoms with Crippen LogP contribution in [0.4, 0.5) is 0 Å². The number of guanidine groups is 1. The molecule has 1 aromatic carbocycles. The van der Waals surface area contributed by atoms with Gasteiger partial charge in [0.2, 0.25) is 0 Å². The van der Waals surface area contributed by atoms with E-state index in [0.717, 1.165) is 30.4 Å². The van der Waals surface area contributed by atoms with Gasteiger partial charge in [0.1, 0.15) is 12.4 Å². The highest BCUT2D eigenvalue weighted by molar-refractivity contribution is 14.0. The molecule has 0 bridgehead atoms. The number of halogens is 1. The monoisotopic (exact) mass is 457 g/mol. The minimum absolute atomic E-state index is 0. The number of aliphatic imine (C=N–C) groups is 1. The van der Waals surface area contributed by atoms with Crippen molar-refractivity contribution < 1.29 is 4.74 Å². The number of benzene rings is 1. The average molecular weight is 457 g/mol. The third-order valence-electron chi connectivity index (χ3n) is 3.96. The molecule has 0 spiro atoms. The third-order valence-corrected chi connectivity index (χ3v) is 3.96. The lowest BCUT2D eigenvalue weighted by Crippen LogP contribution is -2.40. The van der Waals surface area contributed by atoms with Crippen LogP contribution in [0, 0.1) is 13.8 Å². The molecule has 6 nitrogen and oxygen atoms in total. The Hall–Kier alpha value is -1.77. The highest BCUT2D eigenvalue weighted by atomic mass is 127. The summed E-state index contributed by atoms with van der Waals surface area (Å²) in [5.41, 5.74) is 3.61. The van der Waals surface area contributed by atoms with Crippen LogP contribution in [-0.4, -0.2) is 42.5 Å². The van der Waals surface area contributed by atoms with Crippen LogP contribution in [0.25, 0.3) is 0 Å². The summed E-state index contributed by atoms with van der Waals surface area (Å²) in [6, 6.07) is 9.80. The van der Waals surface area contributed by atoms with Crippen molar-refractivity contribution in [1.82, 2.24) is 20.4 Å². The fourth-order valence-corrected chi connectivity index (χ4v) is 2.56. The first kappa shape index (κ1) is 21.3. The molecule has 0 aliphatic rings. The number of hydrogen-bond donors (Lipinski definition) is 2. The van der Waals surface area contributed by atoms with Gasteiger partial charge in [0.05, 0.1) is 12.2 Å². The molecule has 7 heteroatoms. The van der Waals surface area contributed by atoms with E-state index in [1.54, 1.807) is 7.05 Å². The highest BCUT2D eigenvalue weighted by Gasteiger charge is 2.08. The molecule has 0 fully saturated rings. The lowest BCUT2D eigenvalue weighted by molar-refractivity contribution is 0.322. The summed E-state index contributed by atoms with van der Waals surface area (Å²) in [4.78, 5) is 4.23. The van der Waals surface area contributed by atoms with Gasteiger partial charge in [0.15, 0.2) is 5.96 Å². The van der Waals surface area contributed by atoms with Gasteiger partial charge in [0.25, 0.3) is 0 Å². The normalized spacial score (nSPS) is 11.0. The third kappa shape index (κ3) is 6.56. The molecule has 0 radical (unpaired) electrons. The van der Waals surface area contributed by atoms with E-state index in [1.807, 2.05) is 42.1 Å².